The van der Waals surface area contributed by atoms with Crippen LogP contribution in [-0.2, 0) is 7.05 Å². The van der Waals surface area contributed by atoms with Gasteiger partial charge >= 0.3 is 0 Å². The summed E-state index contributed by atoms with van der Waals surface area (Å²) in [5, 5.41) is 9.95. The highest BCUT2D eigenvalue weighted by Gasteiger charge is 2.14. The summed E-state index contributed by atoms with van der Waals surface area (Å²) in [6.07, 6.45) is 3.98. The lowest BCUT2D eigenvalue weighted by atomic mass is 10.1. The third-order valence-electron chi connectivity index (χ3n) is 2.22. The molecule has 5 heteroatoms. The molecule has 0 aliphatic heterocycles. The Hall–Kier alpha value is -1.88. The molecule has 2 aromatic heterocycles. The number of aromatic nitrogens is 3. The van der Waals surface area contributed by atoms with Crippen LogP contribution in [0.2, 0.25) is 0 Å². The van der Waals surface area contributed by atoms with Gasteiger partial charge in [-0.25, -0.2) is 4.98 Å². The molecule has 78 valence electrons. The number of hydrogen-bond acceptors (Lipinski definition) is 3. The quantitative estimate of drug-likeness (QED) is 0.735. The highest BCUT2D eigenvalue weighted by molar-refractivity contribution is 5.20. The molecule has 2 rings (SSSR count). The van der Waals surface area contributed by atoms with E-state index in [4.69, 9.17) is 0 Å². The average molecular weight is 205 g/mol. The largest absolute Gasteiger partial charge is 0.380 e. The number of pyridine rings is 1. The minimum absolute atomic E-state index is 0.235. The van der Waals surface area contributed by atoms with E-state index in [1.54, 1.807) is 30.1 Å². The minimum Gasteiger partial charge on any atom is -0.380 e. The maximum Gasteiger partial charge on any atom is 0.248 e. The molecule has 15 heavy (non-hydrogen) atoms. The third kappa shape index (κ3) is 1.82. The lowest BCUT2D eigenvalue weighted by Gasteiger charge is -2.09. The van der Waals surface area contributed by atoms with Crippen LogP contribution in [0.4, 0.5) is 0 Å². The van der Waals surface area contributed by atoms with Gasteiger partial charge < -0.3 is 14.7 Å². The Bertz CT molecular complexity index is 515. The van der Waals surface area contributed by atoms with E-state index in [1.165, 1.54) is 12.3 Å². The zero-order valence-corrected chi connectivity index (χ0v) is 8.21. The zero-order valence-electron chi connectivity index (χ0n) is 8.21. The van der Waals surface area contributed by atoms with Crippen molar-refractivity contribution < 1.29 is 5.11 Å². The Morgan fingerprint density at radius 1 is 1.60 bits per heavy atom. The number of hydrogen-bond donors (Lipinski definition) is 2. The van der Waals surface area contributed by atoms with Gasteiger partial charge in [-0.3, -0.25) is 4.79 Å². The second-order valence-electron chi connectivity index (χ2n) is 3.29. The summed E-state index contributed by atoms with van der Waals surface area (Å²) in [6.45, 7) is 0. The fourth-order valence-electron chi connectivity index (χ4n) is 1.42. The number of aliphatic hydroxyl groups excluding tert-OH is 1. The molecule has 0 amide bonds. The number of rotatable bonds is 2. The van der Waals surface area contributed by atoms with Crippen LogP contribution in [0.3, 0.4) is 0 Å². The van der Waals surface area contributed by atoms with E-state index in [1.807, 2.05) is 0 Å². The van der Waals surface area contributed by atoms with E-state index in [0.29, 0.717) is 11.4 Å². The van der Waals surface area contributed by atoms with Crippen molar-refractivity contribution in [1.82, 2.24) is 14.5 Å². The van der Waals surface area contributed by atoms with Gasteiger partial charge in [0.25, 0.3) is 0 Å². The van der Waals surface area contributed by atoms with Crippen molar-refractivity contribution in [1.29, 1.82) is 0 Å². The molecule has 2 aromatic rings. The van der Waals surface area contributed by atoms with E-state index < -0.39 is 6.10 Å². The molecule has 0 aliphatic rings. The first-order chi connectivity index (χ1) is 7.18. The average Bonchev–Trinajstić information content (AvgIpc) is 2.63. The van der Waals surface area contributed by atoms with E-state index in [9.17, 15) is 9.90 Å². The van der Waals surface area contributed by atoms with Crippen LogP contribution in [0.25, 0.3) is 0 Å². The monoisotopic (exact) mass is 205 g/mol. The number of nitrogens with one attached hydrogen (secondary N) is 1. The first-order valence-electron chi connectivity index (χ1n) is 4.52. The first-order valence-corrected chi connectivity index (χ1v) is 4.52. The van der Waals surface area contributed by atoms with Crippen LogP contribution in [0.5, 0.6) is 0 Å². The van der Waals surface area contributed by atoms with Crippen LogP contribution in [-0.4, -0.2) is 19.6 Å². The van der Waals surface area contributed by atoms with Crippen molar-refractivity contribution in [3.8, 4) is 0 Å². The Balaban J connectivity index is 2.41. The molecule has 5 nitrogen and oxygen atoms in total. The second-order valence-corrected chi connectivity index (χ2v) is 3.29. The van der Waals surface area contributed by atoms with Crippen molar-refractivity contribution in [2.45, 2.75) is 6.10 Å². The van der Waals surface area contributed by atoms with E-state index in [0.717, 1.165) is 0 Å². The molecule has 0 aromatic carbocycles. The van der Waals surface area contributed by atoms with Gasteiger partial charge in [-0.15, -0.1) is 0 Å². The number of aryl methyl sites for hydroxylation is 1. The molecule has 0 radical (unpaired) electrons. The van der Waals surface area contributed by atoms with Gasteiger partial charge in [-0.05, 0) is 11.6 Å². The molecule has 0 saturated carbocycles. The summed E-state index contributed by atoms with van der Waals surface area (Å²) >= 11 is 0. The van der Waals surface area contributed by atoms with Crippen LogP contribution < -0.4 is 5.56 Å². The van der Waals surface area contributed by atoms with Gasteiger partial charge in [0.05, 0.1) is 0 Å². The molecular weight excluding hydrogens is 194 g/mol. The Labute approximate surface area is 86.0 Å². The SMILES string of the molecule is Cn1ccnc1C(O)c1cc[nH]c(=O)c1. The molecule has 2 heterocycles. The predicted octanol–water partition coefficient (Wildman–Crippen LogP) is 0.190. The Kier molecular flexibility index (Phi) is 2.39. The normalized spacial score (nSPS) is 12.7. The lowest BCUT2D eigenvalue weighted by molar-refractivity contribution is 0.206. The van der Waals surface area contributed by atoms with Crippen LogP contribution >= 0.6 is 0 Å². The number of H-pyrrole nitrogens is 1. The summed E-state index contributed by atoms with van der Waals surface area (Å²) < 4.78 is 1.71. The lowest BCUT2D eigenvalue weighted by Crippen LogP contribution is -2.11. The van der Waals surface area contributed by atoms with Gasteiger partial charge in [0.1, 0.15) is 11.9 Å². The smallest absolute Gasteiger partial charge is 0.248 e. The number of imidazole rings is 1. The molecule has 0 aliphatic carbocycles. The van der Waals surface area contributed by atoms with E-state index in [-0.39, 0.29) is 5.56 Å². The summed E-state index contributed by atoms with van der Waals surface area (Å²) in [5.74, 6) is 0.514. The standard InChI is InChI=1S/C10H11N3O2/c1-13-5-4-12-10(13)9(15)7-2-3-11-8(14)6-7/h2-6,9,15H,1H3,(H,11,14). The fraction of sp³-hybridized carbons (Fsp3) is 0.200. The summed E-state index contributed by atoms with van der Waals surface area (Å²) in [5.41, 5.74) is 0.300. The summed E-state index contributed by atoms with van der Waals surface area (Å²) in [7, 11) is 1.79. The van der Waals surface area contributed by atoms with Crippen molar-refractivity contribution >= 4 is 0 Å². The van der Waals surface area contributed by atoms with E-state index >= 15 is 0 Å². The second kappa shape index (κ2) is 3.70. The van der Waals surface area contributed by atoms with Gasteiger partial charge in [-0.1, -0.05) is 0 Å². The number of nitrogens with zero attached hydrogens (tertiary/aromatic N) is 2. The molecular formula is C10H11N3O2. The van der Waals surface area contributed by atoms with Crippen molar-refractivity contribution in [2.24, 2.45) is 7.05 Å². The highest BCUT2D eigenvalue weighted by Crippen LogP contribution is 2.17. The molecule has 0 saturated heterocycles. The minimum atomic E-state index is -0.868. The predicted molar refractivity (Wildman–Crippen MR) is 54.3 cm³/mol. The van der Waals surface area contributed by atoms with Crippen molar-refractivity contribution in [3.05, 3.63) is 52.5 Å². The van der Waals surface area contributed by atoms with Crippen LogP contribution in [0, 0.1) is 0 Å². The van der Waals surface area contributed by atoms with Crippen molar-refractivity contribution in [3.63, 3.8) is 0 Å². The number of aromatic amines is 1. The molecule has 1 unspecified atom stereocenters. The van der Waals surface area contributed by atoms with Gasteiger partial charge in [0.2, 0.25) is 5.56 Å². The molecule has 0 spiro atoms. The maximum absolute atomic E-state index is 11.1. The molecule has 2 N–H and O–H groups in total. The van der Waals surface area contributed by atoms with Crippen molar-refractivity contribution in [2.75, 3.05) is 0 Å². The Morgan fingerprint density at radius 2 is 2.40 bits per heavy atom. The molecule has 0 fully saturated rings. The fourth-order valence-corrected chi connectivity index (χ4v) is 1.42. The maximum atomic E-state index is 11.1. The van der Waals surface area contributed by atoms with E-state index in [2.05, 4.69) is 9.97 Å². The van der Waals surface area contributed by atoms with Gasteiger partial charge in [0.15, 0.2) is 0 Å². The third-order valence-corrected chi connectivity index (χ3v) is 2.22. The highest BCUT2D eigenvalue weighted by atomic mass is 16.3. The summed E-state index contributed by atoms with van der Waals surface area (Å²) in [6, 6.07) is 3.01. The summed E-state index contributed by atoms with van der Waals surface area (Å²) in [4.78, 5) is 17.6. The van der Waals surface area contributed by atoms with Gasteiger partial charge in [-0.2, -0.15) is 0 Å². The zero-order chi connectivity index (χ0) is 10.8. The molecule has 1 atom stereocenters. The Morgan fingerprint density at radius 3 is 3.00 bits per heavy atom. The van der Waals surface area contributed by atoms with Crippen LogP contribution in [0.15, 0.2) is 35.5 Å². The molecule has 0 bridgehead atoms. The topological polar surface area (TPSA) is 70.9 Å². The van der Waals surface area contributed by atoms with Crippen LogP contribution in [0.1, 0.15) is 17.5 Å². The number of aliphatic hydroxyl groups is 1. The first kappa shape index (κ1) is 9.67. The van der Waals surface area contributed by atoms with Gasteiger partial charge in [0, 0.05) is 31.7 Å².